The maximum atomic E-state index is 5.60. The zero-order valence-electron chi connectivity index (χ0n) is 10.2. The number of benzene rings is 1. The van der Waals surface area contributed by atoms with E-state index in [1.165, 1.54) is 36.8 Å². The molecule has 0 saturated carbocycles. The minimum atomic E-state index is 0.774. The van der Waals surface area contributed by atoms with Crippen molar-refractivity contribution in [3.8, 4) is 5.75 Å². The van der Waals surface area contributed by atoms with Crippen LogP contribution in [0.2, 0.25) is 0 Å². The minimum absolute atomic E-state index is 0.774. The van der Waals surface area contributed by atoms with Crippen LogP contribution < -0.4 is 4.74 Å². The molecule has 0 aliphatic heterocycles. The van der Waals surface area contributed by atoms with Crippen molar-refractivity contribution in [1.29, 1.82) is 0 Å². The summed E-state index contributed by atoms with van der Waals surface area (Å²) in [5, 5.41) is 0. The third-order valence-electron chi connectivity index (χ3n) is 2.65. The van der Waals surface area contributed by atoms with Crippen LogP contribution in [0.15, 0.2) is 18.2 Å². The number of fused-ring (bicyclic) bond motifs is 1. The number of rotatable bonds is 2. The fourth-order valence-corrected chi connectivity index (χ4v) is 2.04. The van der Waals surface area contributed by atoms with Gasteiger partial charge in [-0.1, -0.05) is 26.0 Å². The van der Waals surface area contributed by atoms with Gasteiger partial charge in [0.2, 0.25) is 0 Å². The van der Waals surface area contributed by atoms with Gasteiger partial charge in [0, 0.05) is 0 Å². The zero-order chi connectivity index (χ0) is 11.1. The van der Waals surface area contributed by atoms with E-state index in [-0.39, 0.29) is 0 Å². The van der Waals surface area contributed by atoms with Crippen LogP contribution >= 0.6 is 0 Å². The SMILES string of the molecule is CC.CCOc1cccc2c1CCCC2. The van der Waals surface area contributed by atoms with Crippen molar-refractivity contribution in [2.45, 2.75) is 46.5 Å². The van der Waals surface area contributed by atoms with Gasteiger partial charge in [-0.3, -0.25) is 0 Å². The van der Waals surface area contributed by atoms with Crippen LogP contribution in [-0.2, 0) is 12.8 Å². The second-order valence-electron chi connectivity index (χ2n) is 3.53. The molecule has 1 heteroatoms. The van der Waals surface area contributed by atoms with Crippen molar-refractivity contribution in [3.63, 3.8) is 0 Å². The van der Waals surface area contributed by atoms with Gasteiger partial charge in [-0.25, -0.2) is 0 Å². The molecule has 15 heavy (non-hydrogen) atoms. The first-order valence-corrected chi connectivity index (χ1v) is 6.15. The van der Waals surface area contributed by atoms with Gasteiger partial charge in [-0.15, -0.1) is 0 Å². The highest BCUT2D eigenvalue weighted by Crippen LogP contribution is 2.29. The fraction of sp³-hybridized carbons (Fsp3) is 0.571. The van der Waals surface area contributed by atoms with Crippen LogP contribution in [0.1, 0.15) is 44.7 Å². The average Bonchev–Trinajstić information content (AvgIpc) is 2.33. The monoisotopic (exact) mass is 206 g/mol. The van der Waals surface area contributed by atoms with Gasteiger partial charge in [0.1, 0.15) is 5.75 Å². The molecule has 0 atom stereocenters. The molecule has 1 aliphatic carbocycles. The Balaban J connectivity index is 0.000000531. The quantitative estimate of drug-likeness (QED) is 0.711. The van der Waals surface area contributed by atoms with E-state index in [0.29, 0.717) is 0 Å². The van der Waals surface area contributed by atoms with E-state index in [1.54, 1.807) is 0 Å². The molecular formula is C14H22O. The first-order valence-electron chi connectivity index (χ1n) is 6.15. The molecule has 0 unspecified atom stereocenters. The average molecular weight is 206 g/mol. The van der Waals surface area contributed by atoms with Gasteiger partial charge in [-0.2, -0.15) is 0 Å². The smallest absolute Gasteiger partial charge is 0.122 e. The summed E-state index contributed by atoms with van der Waals surface area (Å²) in [6.07, 6.45) is 5.08. The van der Waals surface area contributed by atoms with Crippen LogP contribution in [0.3, 0.4) is 0 Å². The molecular weight excluding hydrogens is 184 g/mol. The Bertz CT molecular complexity index is 291. The summed E-state index contributed by atoms with van der Waals surface area (Å²) in [7, 11) is 0. The molecule has 0 bridgehead atoms. The molecule has 1 aromatic rings. The Labute approximate surface area is 93.5 Å². The van der Waals surface area contributed by atoms with E-state index in [1.807, 2.05) is 20.8 Å². The summed E-state index contributed by atoms with van der Waals surface area (Å²) in [6, 6.07) is 6.43. The van der Waals surface area contributed by atoms with Crippen molar-refractivity contribution in [1.82, 2.24) is 0 Å². The number of aryl methyl sites for hydroxylation is 1. The first-order chi connectivity index (χ1) is 7.42. The van der Waals surface area contributed by atoms with E-state index >= 15 is 0 Å². The lowest BCUT2D eigenvalue weighted by Gasteiger charge is -2.18. The maximum Gasteiger partial charge on any atom is 0.122 e. The van der Waals surface area contributed by atoms with E-state index in [9.17, 15) is 0 Å². The van der Waals surface area contributed by atoms with Gasteiger partial charge in [0.05, 0.1) is 6.61 Å². The second-order valence-corrected chi connectivity index (χ2v) is 3.53. The molecule has 84 valence electrons. The van der Waals surface area contributed by atoms with Gasteiger partial charge < -0.3 is 4.74 Å². The van der Waals surface area contributed by atoms with E-state index < -0.39 is 0 Å². The highest BCUT2D eigenvalue weighted by atomic mass is 16.5. The number of hydrogen-bond donors (Lipinski definition) is 0. The Morgan fingerprint density at radius 3 is 2.60 bits per heavy atom. The molecule has 0 fully saturated rings. The predicted octanol–water partition coefficient (Wildman–Crippen LogP) is 3.99. The third-order valence-corrected chi connectivity index (χ3v) is 2.65. The number of hydrogen-bond acceptors (Lipinski definition) is 1. The standard InChI is InChI=1S/C12H16O.C2H6/c1-2-13-12-9-5-7-10-6-3-4-8-11(10)12;1-2/h5,7,9H,2-4,6,8H2,1H3;1-2H3. The molecule has 0 aromatic heterocycles. The first kappa shape index (κ1) is 12.1. The Morgan fingerprint density at radius 1 is 1.13 bits per heavy atom. The molecule has 1 aromatic carbocycles. The topological polar surface area (TPSA) is 9.23 Å². The highest BCUT2D eigenvalue weighted by molar-refractivity contribution is 5.41. The summed E-state index contributed by atoms with van der Waals surface area (Å²) in [6.45, 7) is 6.82. The minimum Gasteiger partial charge on any atom is -0.494 e. The van der Waals surface area contributed by atoms with Crippen LogP contribution in [-0.4, -0.2) is 6.61 Å². The van der Waals surface area contributed by atoms with Crippen molar-refractivity contribution >= 4 is 0 Å². The lowest BCUT2D eigenvalue weighted by molar-refractivity contribution is 0.334. The Morgan fingerprint density at radius 2 is 1.87 bits per heavy atom. The van der Waals surface area contributed by atoms with Crippen molar-refractivity contribution < 1.29 is 4.74 Å². The van der Waals surface area contributed by atoms with E-state index in [4.69, 9.17) is 4.74 Å². The largest absolute Gasteiger partial charge is 0.494 e. The molecule has 0 radical (unpaired) electrons. The zero-order valence-corrected chi connectivity index (χ0v) is 10.2. The van der Waals surface area contributed by atoms with Crippen molar-refractivity contribution in [2.24, 2.45) is 0 Å². The van der Waals surface area contributed by atoms with Gasteiger partial charge in [0.25, 0.3) is 0 Å². The van der Waals surface area contributed by atoms with Crippen LogP contribution in [0.25, 0.3) is 0 Å². The molecule has 0 amide bonds. The van der Waals surface area contributed by atoms with Crippen molar-refractivity contribution in [3.05, 3.63) is 29.3 Å². The Hall–Kier alpha value is -0.980. The van der Waals surface area contributed by atoms with Gasteiger partial charge >= 0.3 is 0 Å². The predicted molar refractivity (Wildman–Crippen MR) is 65.6 cm³/mol. The molecule has 1 nitrogen and oxygen atoms in total. The molecule has 0 saturated heterocycles. The van der Waals surface area contributed by atoms with Crippen LogP contribution in [0.5, 0.6) is 5.75 Å². The van der Waals surface area contributed by atoms with E-state index in [2.05, 4.69) is 18.2 Å². The van der Waals surface area contributed by atoms with Crippen LogP contribution in [0.4, 0.5) is 0 Å². The van der Waals surface area contributed by atoms with E-state index in [0.717, 1.165) is 12.4 Å². The summed E-state index contributed by atoms with van der Waals surface area (Å²) in [5.41, 5.74) is 2.95. The lowest BCUT2D eigenvalue weighted by atomic mass is 9.91. The highest BCUT2D eigenvalue weighted by Gasteiger charge is 2.12. The molecule has 0 spiro atoms. The fourth-order valence-electron chi connectivity index (χ4n) is 2.04. The summed E-state index contributed by atoms with van der Waals surface area (Å²) >= 11 is 0. The van der Waals surface area contributed by atoms with Crippen LogP contribution in [0, 0.1) is 0 Å². The Kier molecular flexibility index (Phi) is 5.23. The summed E-state index contributed by atoms with van der Waals surface area (Å²) in [5.74, 6) is 1.11. The molecule has 1 aliphatic rings. The second kappa shape index (κ2) is 6.49. The maximum absolute atomic E-state index is 5.60. The molecule has 0 heterocycles. The normalized spacial score (nSPS) is 13.5. The number of ether oxygens (including phenoxy) is 1. The summed E-state index contributed by atoms with van der Waals surface area (Å²) < 4.78 is 5.60. The third kappa shape index (κ3) is 2.98. The molecule has 0 N–H and O–H groups in total. The van der Waals surface area contributed by atoms with Gasteiger partial charge in [0.15, 0.2) is 0 Å². The summed E-state index contributed by atoms with van der Waals surface area (Å²) in [4.78, 5) is 0. The molecule has 2 rings (SSSR count). The van der Waals surface area contributed by atoms with Crippen molar-refractivity contribution in [2.75, 3.05) is 6.61 Å². The van der Waals surface area contributed by atoms with Gasteiger partial charge in [-0.05, 0) is 49.8 Å². The lowest BCUT2D eigenvalue weighted by Crippen LogP contribution is -2.05.